The Morgan fingerprint density at radius 2 is 1.81 bits per heavy atom. The molecule has 0 saturated heterocycles. The van der Waals surface area contributed by atoms with Crippen LogP contribution in [0.4, 0.5) is 5.69 Å². The maximum absolute atomic E-state index is 12.9. The first-order valence-corrected chi connectivity index (χ1v) is 9.98. The molecule has 1 heterocycles. The molecule has 1 N–H and O–H groups in total. The quantitative estimate of drug-likeness (QED) is 0.873. The SMILES string of the molecule is COc1ccccc1C1(C(=O)NS(=O)(=O)N2CCc3ccccc32)CC1. The Morgan fingerprint density at radius 1 is 1.12 bits per heavy atom. The molecule has 0 unspecified atom stereocenters. The van der Waals surface area contributed by atoms with Gasteiger partial charge in [0.05, 0.1) is 18.2 Å². The van der Waals surface area contributed by atoms with Gasteiger partial charge in [-0.2, -0.15) is 8.42 Å². The van der Waals surface area contributed by atoms with Crippen molar-refractivity contribution in [1.29, 1.82) is 0 Å². The van der Waals surface area contributed by atoms with Crippen molar-refractivity contribution >= 4 is 21.8 Å². The van der Waals surface area contributed by atoms with Gasteiger partial charge in [-0.3, -0.25) is 9.10 Å². The number of amides is 1. The summed E-state index contributed by atoms with van der Waals surface area (Å²) in [6.07, 6.45) is 1.85. The summed E-state index contributed by atoms with van der Waals surface area (Å²) >= 11 is 0. The molecule has 1 amide bonds. The van der Waals surface area contributed by atoms with Gasteiger partial charge in [-0.25, -0.2) is 4.72 Å². The summed E-state index contributed by atoms with van der Waals surface area (Å²) in [6, 6.07) is 14.6. The lowest BCUT2D eigenvalue weighted by Crippen LogP contribution is -2.46. The first-order chi connectivity index (χ1) is 12.5. The van der Waals surface area contributed by atoms with Crippen molar-refractivity contribution in [3.63, 3.8) is 0 Å². The molecule has 1 saturated carbocycles. The topological polar surface area (TPSA) is 75.7 Å². The van der Waals surface area contributed by atoms with E-state index in [-0.39, 0.29) is 0 Å². The van der Waals surface area contributed by atoms with Crippen LogP contribution in [0, 0.1) is 0 Å². The second-order valence-corrected chi connectivity index (χ2v) is 8.26. The molecular formula is C19H20N2O4S. The molecule has 2 aromatic carbocycles. The number of ether oxygens (including phenoxy) is 1. The highest BCUT2D eigenvalue weighted by atomic mass is 32.2. The summed E-state index contributed by atoms with van der Waals surface area (Å²) in [5.41, 5.74) is 1.50. The lowest BCUT2D eigenvalue weighted by atomic mass is 9.94. The monoisotopic (exact) mass is 372 g/mol. The molecule has 0 aromatic heterocycles. The smallest absolute Gasteiger partial charge is 0.326 e. The van der Waals surface area contributed by atoms with Crippen LogP contribution in [-0.4, -0.2) is 28.0 Å². The fraction of sp³-hybridized carbons (Fsp3) is 0.316. The molecular weight excluding hydrogens is 352 g/mol. The number of rotatable bonds is 5. The van der Waals surface area contributed by atoms with Gasteiger partial charge < -0.3 is 4.74 Å². The van der Waals surface area contributed by atoms with Crippen molar-refractivity contribution < 1.29 is 17.9 Å². The van der Waals surface area contributed by atoms with E-state index in [4.69, 9.17) is 4.74 Å². The second-order valence-electron chi connectivity index (χ2n) is 6.67. The van der Waals surface area contributed by atoms with Gasteiger partial charge in [-0.1, -0.05) is 36.4 Å². The average Bonchev–Trinajstić information content (AvgIpc) is 3.33. The molecule has 0 radical (unpaired) electrons. The standard InChI is InChI=1S/C19H20N2O4S/c1-25-17-9-5-3-7-15(17)19(11-12-19)18(22)20-26(23,24)21-13-10-14-6-2-4-8-16(14)21/h2-9H,10-13H2,1H3,(H,20,22). The van der Waals surface area contributed by atoms with E-state index in [9.17, 15) is 13.2 Å². The first-order valence-electron chi connectivity index (χ1n) is 8.54. The maximum Gasteiger partial charge on any atom is 0.326 e. The Hall–Kier alpha value is -2.54. The van der Waals surface area contributed by atoms with Crippen LogP contribution in [-0.2, 0) is 26.8 Å². The predicted octanol–water partition coefficient (Wildman–Crippen LogP) is 2.15. The van der Waals surface area contributed by atoms with Gasteiger partial charge in [0.15, 0.2) is 0 Å². The molecule has 0 spiro atoms. The van der Waals surface area contributed by atoms with E-state index >= 15 is 0 Å². The van der Waals surface area contributed by atoms with Gasteiger partial charge >= 0.3 is 10.2 Å². The largest absolute Gasteiger partial charge is 0.496 e. The van der Waals surface area contributed by atoms with Crippen molar-refractivity contribution in [3.8, 4) is 5.75 Å². The third-order valence-electron chi connectivity index (χ3n) is 5.16. The van der Waals surface area contributed by atoms with Crippen LogP contribution < -0.4 is 13.8 Å². The van der Waals surface area contributed by atoms with E-state index in [2.05, 4.69) is 4.72 Å². The van der Waals surface area contributed by atoms with Crippen LogP contribution in [0.3, 0.4) is 0 Å². The van der Waals surface area contributed by atoms with E-state index in [1.165, 1.54) is 4.31 Å². The molecule has 2 aromatic rings. The Kier molecular flexibility index (Phi) is 3.91. The number of fused-ring (bicyclic) bond motifs is 1. The summed E-state index contributed by atoms with van der Waals surface area (Å²) < 4.78 is 34.6. The fourth-order valence-corrected chi connectivity index (χ4v) is 4.92. The highest BCUT2D eigenvalue weighted by Gasteiger charge is 2.54. The van der Waals surface area contributed by atoms with Crippen molar-refractivity contribution in [3.05, 3.63) is 59.7 Å². The van der Waals surface area contributed by atoms with Gasteiger partial charge in [-0.05, 0) is 37.0 Å². The highest BCUT2D eigenvalue weighted by molar-refractivity contribution is 7.91. The van der Waals surface area contributed by atoms with Crippen LogP contribution >= 0.6 is 0 Å². The van der Waals surface area contributed by atoms with E-state index in [1.807, 2.05) is 30.3 Å². The molecule has 6 nitrogen and oxygen atoms in total. The van der Waals surface area contributed by atoms with E-state index < -0.39 is 21.5 Å². The van der Waals surface area contributed by atoms with Crippen LogP contribution in [0.1, 0.15) is 24.0 Å². The number of benzene rings is 2. The Bertz CT molecular complexity index is 967. The van der Waals surface area contributed by atoms with Crippen molar-refractivity contribution in [2.75, 3.05) is 18.0 Å². The van der Waals surface area contributed by atoms with Crippen LogP contribution in [0.25, 0.3) is 0 Å². The zero-order chi connectivity index (χ0) is 18.4. The summed E-state index contributed by atoms with van der Waals surface area (Å²) in [5.74, 6) is 0.107. The third kappa shape index (κ3) is 2.63. The van der Waals surface area contributed by atoms with Crippen molar-refractivity contribution in [1.82, 2.24) is 4.72 Å². The van der Waals surface area contributed by atoms with Crippen molar-refractivity contribution in [2.45, 2.75) is 24.7 Å². The minimum atomic E-state index is -3.95. The minimum absolute atomic E-state index is 0.337. The van der Waals surface area contributed by atoms with E-state index in [1.54, 1.807) is 25.3 Å². The minimum Gasteiger partial charge on any atom is -0.496 e. The van der Waals surface area contributed by atoms with Crippen molar-refractivity contribution in [2.24, 2.45) is 0 Å². The molecule has 0 atom stereocenters. The lowest BCUT2D eigenvalue weighted by Gasteiger charge is -2.23. The van der Waals surface area contributed by atoms with Gasteiger partial charge in [0.1, 0.15) is 5.75 Å². The number of nitrogens with zero attached hydrogens (tertiary/aromatic N) is 1. The zero-order valence-corrected chi connectivity index (χ0v) is 15.3. The number of nitrogens with one attached hydrogen (secondary N) is 1. The molecule has 1 aliphatic heterocycles. The van der Waals surface area contributed by atoms with Crippen LogP contribution in [0.15, 0.2) is 48.5 Å². The first kappa shape index (κ1) is 16.9. The molecule has 26 heavy (non-hydrogen) atoms. The highest BCUT2D eigenvalue weighted by Crippen LogP contribution is 2.51. The summed E-state index contributed by atoms with van der Waals surface area (Å²) in [4.78, 5) is 12.9. The molecule has 2 aliphatic rings. The molecule has 136 valence electrons. The number of para-hydroxylation sites is 2. The average molecular weight is 372 g/mol. The number of carbonyl (C=O) groups is 1. The van der Waals surface area contributed by atoms with Gasteiger partial charge in [0, 0.05) is 12.1 Å². The number of anilines is 1. The Morgan fingerprint density at radius 3 is 2.54 bits per heavy atom. The lowest BCUT2D eigenvalue weighted by molar-refractivity contribution is -0.121. The molecule has 0 bridgehead atoms. The zero-order valence-electron chi connectivity index (χ0n) is 14.4. The number of hydrogen-bond donors (Lipinski definition) is 1. The fourth-order valence-electron chi connectivity index (χ4n) is 3.61. The summed E-state index contributed by atoms with van der Waals surface area (Å²) in [7, 11) is -2.40. The predicted molar refractivity (Wildman–Crippen MR) is 98.5 cm³/mol. The van der Waals surface area contributed by atoms with Crippen LogP contribution in [0.2, 0.25) is 0 Å². The van der Waals surface area contributed by atoms with Crippen LogP contribution in [0.5, 0.6) is 5.75 Å². The number of carbonyl (C=O) groups excluding carboxylic acids is 1. The van der Waals surface area contributed by atoms with Gasteiger partial charge in [-0.15, -0.1) is 0 Å². The van der Waals surface area contributed by atoms with E-state index in [0.29, 0.717) is 37.2 Å². The molecule has 4 rings (SSSR count). The van der Waals surface area contributed by atoms with Gasteiger partial charge in [0.25, 0.3) is 0 Å². The van der Waals surface area contributed by atoms with E-state index in [0.717, 1.165) is 11.1 Å². The molecule has 7 heteroatoms. The third-order valence-corrected chi connectivity index (χ3v) is 6.57. The summed E-state index contributed by atoms with van der Waals surface area (Å²) in [5, 5.41) is 0. The van der Waals surface area contributed by atoms with Gasteiger partial charge in [0.2, 0.25) is 5.91 Å². The number of hydrogen-bond acceptors (Lipinski definition) is 4. The second kappa shape index (κ2) is 6.02. The molecule has 1 fully saturated rings. The number of methoxy groups -OCH3 is 1. The Labute approximate surface area is 153 Å². The summed E-state index contributed by atoms with van der Waals surface area (Å²) in [6.45, 7) is 0.337. The maximum atomic E-state index is 12.9. The normalized spacial score (nSPS) is 17.5. The Balaban J connectivity index is 1.60. The molecule has 1 aliphatic carbocycles.